The molecular weight excluding hydrogens is 252 g/mol. The highest BCUT2D eigenvalue weighted by Gasteiger charge is 2.27. The Hall–Kier alpha value is -2.30. The van der Waals surface area contributed by atoms with E-state index in [0.717, 1.165) is 29.1 Å². The van der Waals surface area contributed by atoms with Crippen LogP contribution in [0.5, 0.6) is 0 Å². The molecule has 0 atom stereocenters. The van der Waals surface area contributed by atoms with Gasteiger partial charge in [0.15, 0.2) is 0 Å². The van der Waals surface area contributed by atoms with Crippen LogP contribution >= 0.6 is 0 Å². The Morgan fingerprint density at radius 3 is 2.65 bits per heavy atom. The number of aryl methyl sites for hydroxylation is 2. The summed E-state index contributed by atoms with van der Waals surface area (Å²) in [7, 11) is 0. The van der Waals surface area contributed by atoms with Gasteiger partial charge in [0.25, 0.3) is 0 Å². The normalized spacial score (nSPS) is 14.3. The first kappa shape index (κ1) is 12.7. The zero-order chi connectivity index (χ0) is 14.1. The second kappa shape index (κ2) is 5.00. The third kappa shape index (κ3) is 2.27. The van der Waals surface area contributed by atoms with Crippen molar-refractivity contribution in [1.29, 1.82) is 0 Å². The fourth-order valence-electron chi connectivity index (χ4n) is 2.55. The minimum Gasteiger partial charge on any atom is -0.292 e. The molecule has 0 N–H and O–H groups in total. The Morgan fingerprint density at radius 2 is 1.90 bits per heavy atom. The summed E-state index contributed by atoms with van der Waals surface area (Å²) in [5, 5.41) is 0. The average Bonchev–Trinajstić information content (AvgIpc) is 2.43. The summed E-state index contributed by atoms with van der Waals surface area (Å²) in [5.41, 5.74) is 3.11. The van der Waals surface area contributed by atoms with E-state index < -0.39 is 0 Å². The van der Waals surface area contributed by atoms with Gasteiger partial charge in [-0.25, -0.2) is 9.97 Å². The van der Waals surface area contributed by atoms with Gasteiger partial charge in [-0.2, -0.15) is 0 Å². The molecule has 0 saturated carbocycles. The smallest absolute Gasteiger partial charge is 0.228 e. The van der Waals surface area contributed by atoms with Crippen molar-refractivity contribution in [2.24, 2.45) is 0 Å². The zero-order valence-corrected chi connectivity index (χ0v) is 11.6. The molecule has 0 radical (unpaired) electrons. The lowest BCUT2D eigenvalue weighted by atomic mass is 10.0. The number of hydrogen-bond donors (Lipinski definition) is 0. The summed E-state index contributed by atoms with van der Waals surface area (Å²) in [6.07, 6.45) is 4.72. The van der Waals surface area contributed by atoms with Crippen molar-refractivity contribution >= 4 is 11.7 Å². The molecule has 2 aromatic rings. The highest BCUT2D eigenvalue weighted by molar-refractivity contribution is 5.95. The van der Waals surface area contributed by atoms with Gasteiger partial charge in [0, 0.05) is 30.1 Å². The molecule has 0 fully saturated rings. The van der Waals surface area contributed by atoms with Gasteiger partial charge in [0.05, 0.1) is 6.54 Å². The number of anilines is 1. The topological polar surface area (TPSA) is 59.0 Å². The lowest BCUT2D eigenvalue weighted by Crippen LogP contribution is -2.36. The first-order valence-corrected chi connectivity index (χ1v) is 6.68. The first-order chi connectivity index (χ1) is 9.65. The second-order valence-corrected chi connectivity index (χ2v) is 4.99. The maximum Gasteiger partial charge on any atom is 0.228 e. The van der Waals surface area contributed by atoms with Crippen LogP contribution in [-0.2, 0) is 17.8 Å². The molecule has 5 heteroatoms. The molecule has 3 heterocycles. The van der Waals surface area contributed by atoms with E-state index >= 15 is 0 Å². The van der Waals surface area contributed by atoms with Crippen molar-refractivity contribution in [2.45, 2.75) is 33.2 Å². The van der Waals surface area contributed by atoms with E-state index in [2.05, 4.69) is 15.0 Å². The molecule has 1 aliphatic heterocycles. The standard InChI is InChI=1S/C15H16N4O/c1-10-13-3-4-14(20)19(15(13)18-11(2)17-10)9-12-5-7-16-8-6-12/h5-8H,3-4,9H2,1-2H3. The number of rotatable bonds is 2. The minimum atomic E-state index is 0.117. The summed E-state index contributed by atoms with van der Waals surface area (Å²) < 4.78 is 0. The molecule has 2 aromatic heterocycles. The molecular formula is C15H16N4O. The summed E-state index contributed by atoms with van der Waals surface area (Å²) in [5.74, 6) is 1.59. The van der Waals surface area contributed by atoms with Crippen LogP contribution in [0.4, 0.5) is 5.82 Å². The monoisotopic (exact) mass is 268 g/mol. The number of nitrogens with zero attached hydrogens (tertiary/aromatic N) is 4. The van der Waals surface area contributed by atoms with Crippen molar-refractivity contribution in [1.82, 2.24) is 15.0 Å². The van der Waals surface area contributed by atoms with Crippen LogP contribution < -0.4 is 4.90 Å². The Morgan fingerprint density at radius 1 is 1.15 bits per heavy atom. The van der Waals surface area contributed by atoms with Gasteiger partial charge in [0.2, 0.25) is 5.91 Å². The predicted octanol–water partition coefficient (Wildman–Crippen LogP) is 1.97. The van der Waals surface area contributed by atoms with Crippen LogP contribution in [-0.4, -0.2) is 20.9 Å². The minimum absolute atomic E-state index is 0.117. The average molecular weight is 268 g/mol. The van der Waals surface area contributed by atoms with Crippen molar-refractivity contribution in [2.75, 3.05) is 4.90 Å². The van der Waals surface area contributed by atoms with Crippen LogP contribution in [0.2, 0.25) is 0 Å². The van der Waals surface area contributed by atoms with E-state index in [1.807, 2.05) is 26.0 Å². The number of carbonyl (C=O) groups is 1. The number of amides is 1. The van der Waals surface area contributed by atoms with Crippen LogP contribution in [0.1, 0.15) is 29.1 Å². The SMILES string of the molecule is Cc1nc(C)c2c(n1)N(Cc1ccncc1)C(=O)CC2. The lowest BCUT2D eigenvalue weighted by Gasteiger charge is -2.29. The molecule has 20 heavy (non-hydrogen) atoms. The summed E-state index contributed by atoms with van der Waals surface area (Å²) in [4.78, 5) is 26.9. The van der Waals surface area contributed by atoms with E-state index in [4.69, 9.17) is 0 Å². The Bertz CT molecular complexity index is 654. The third-order valence-electron chi connectivity index (χ3n) is 3.54. The van der Waals surface area contributed by atoms with Crippen molar-refractivity contribution in [3.8, 4) is 0 Å². The maximum absolute atomic E-state index is 12.2. The number of aromatic nitrogens is 3. The molecule has 0 aromatic carbocycles. The number of pyridine rings is 1. The molecule has 0 saturated heterocycles. The van der Waals surface area contributed by atoms with Crippen LogP contribution in [0.3, 0.4) is 0 Å². The Labute approximate surface area is 117 Å². The summed E-state index contributed by atoms with van der Waals surface area (Å²) >= 11 is 0. The third-order valence-corrected chi connectivity index (χ3v) is 3.54. The fraction of sp³-hybridized carbons (Fsp3) is 0.333. The number of fused-ring (bicyclic) bond motifs is 1. The van der Waals surface area contributed by atoms with Crippen molar-refractivity contribution in [3.05, 3.63) is 47.2 Å². The van der Waals surface area contributed by atoms with Crippen LogP contribution in [0, 0.1) is 13.8 Å². The van der Waals surface area contributed by atoms with Crippen molar-refractivity contribution in [3.63, 3.8) is 0 Å². The van der Waals surface area contributed by atoms with Gasteiger partial charge in [0.1, 0.15) is 11.6 Å². The van der Waals surface area contributed by atoms with E-state index in [0.29, 0.717) is 18.8 Å². The molecule has 102 valence electrons. The largest absolute Gasteiger partial charge is 0.292 e. The lowest BCUT2D eigenvalue weighted by molar-refractivity contribution is -0.119. The van der Waals surface area contributed by atoms with Gasteiger partial charge in [-0.1, -0.05) is 0 Å². The van der Waals surface area contributed by atoms with Crippen molar-refractivity contribution < 1.29 is 4.79 Å². The Balaban J connectivity index is 2.02. The van der Waals surface area contributed by atoms with E-state index in [9.17, 15) is 4.79 Å². The summed E-state index contributed by atoms with van der Waals surface area (Å²) in [6, 6.07) is 3.84. The second-order valence-electron chi connectivity index (χ2n) is 4.99. The molecule has 0 aliphatic carbocycles. The highest BCUT2D eigenvalue weighted by atomic mass is 16.2. The molecule has 0 bridgehead atoms. The zero-order valence-electron chi connectivity index (χ0n) is 11.6. The van der Waals surface area contributed by atoms with Gasteiger partial charge in [-0.3, -0.25) is 14.7 Å². The van der Waals surface area contributed by atoms with Gasteiger partial charge in [-0.15, -0.1) is 0 Å². The Kier molecular flexibility index (Phi) is 3.18. The molecule has 1 amide bonds. The fourth-order valence-corrected chi connectivity index (χ4v) is 2.55. The molecule has 5 nitrogen and oxygen atoms in total. The number of carbonyl (C=O) groups excluding carboxylic acids is 1. The molecule has 3 rings (SSSR count). The molecule has 0 spiro atoms. The van der Waals surface area contributed by atoms with Gasteiger partial charge >= 0.3 is 0 Å². The van der Waals surface area contributed by atoms with Crippen LogP contribution in [0.15, 0.2) is 24.5 Å². The predicted molar refractivity (Wildman–Crippen MR) is 75.3 cm³/mol. The molecule has 0 unspecified atom stereocenters. The summed E-state index contributed by atoms with van der Waals surface area (Å²) in [6.45, 7) is 4.37. The van der Waals surface area contributed by atoms with E-state index in [1.54, 1.807) is 17.3 Å². The quantitative estimate of drug-likeness (QED) is 0.835. The number of hydrogen-bond acceptors (Lipinski definition) is 4. The van der Waals surface area contributed by atoms with E-state index in [-0.39, 0.29) is 5.91 Å². The highest BCUT2D eigenvalue weighted by Crippen LogP contribution is 2.28. The van der Waals surface area contributed by atoms with E-state index in [1.165, 1.54) is 0 Å². The first-order valence-electron chi connectivity index (χ1n) is 6.68. The van der Waals surface area contributed by atoms with Gasteiger partial charge < -0.3 is 0 Å². The van der Waals surface area contributed by atoms with Gasteiger partial charge in [-0.05, 0) is 38.0 Å². The maximum atomic E-state index is 12.2. The molecule has 1 aliphatic rings. The van der Waals surface area contributed by atoms with Crippen LogP contribution in [0.25, 0.3) is 0 Å².